The molecule has 0 fully saturated rings. The number of rotatable bonds is 5. The summed E-state index contributed by atoms with van der Waals surface area (Å²) in [4.78, 5) is 22.9. The van der Waals surface area contributed by atoms with Crippen molar-refractivity contribution in [2.75, 3.05) is 6.07 Å². The van der Waals surface area contributed by atoms with Gasteiger partial charge in [-0.15, -0.1) is 0 Å². The number of ether oxygens (including phenoxy) is 2. The lowest BCUT2D eigenvalue weighted by atomic mass is 10.2. The maximum atomic E-state index is 11.5. The van der Waals surface area contributed by atoms with E-state index < -0.39 is 23.7 Å². The first-order chi connectivity index (χ1) is 7.80. The second kappa shape index (κ2) is 7.37. The Morgan fingerprint density at radius 2 is 1.94 bits per heavy atom. The van der Waals surface area contributed by atoms with Crippen molar-refractivity contribution in [2.24, 2.45) is 0 Å². The molecule has 0 spiro atoms. The van der Waals surface area contributed by atoms with Crippen LogP contribution in [-0.2, 0) is 14.3 Å². The first-order valence-corrected chi connectivity index (χ1v) is 6.05. The van der Waals surface area contributed by atoms with Crippen LogP contribution in [0.5, 0.6) is 0 Å². The molecule has 1 N–H and O–H groups in total. The van der Waals surface area contributed by atoms with Gasteiger partial charge in [-0.3, -0.25) is 0 Å². The van der Waals surface area contributed by atoms with Crippen LogP contribution in [0.2, 0.25) is 0 Å². The van der Waals surface area contributed by atoms with Crippen molar-refractivity contribution in [1.82, 2.24) is 5.32 Å². The van der Waals surface area contributed by atoms with E-state index in [9.17, 15) is 9.59 Å². The van der Waals surface area contributed by atoms with E-state index in [0.29, 0.717) is 6.42 Å². The van der Waals surface area contributed by atoms with Gasteiger partial charge in [-0.05, 0) is 27.2 Å². The zero-order valence-corrected chi connectivity index (χ0v) is 11.5. The first-order valence-electron chi connectivity index (χ1n) is 5.52. The minimum atomic E-state index is -0.714. The van der Waals surface area contributed by atoms with Gasteiger partial charge < -0.3 is 14.8 Å². The van der Waals surface area contributed by atoms with Gasteiger partial charge in [-0.1, -0.05) is 24.9 Å². The van der Waals surface area contributed by atoms with E-state index in [0.717, 1.165) is 6.42 Å². The lowest BCUT2D eigenvalue weighted by Gasteiger charge is -2.22. The summed E-state index contributed by atoms with van der Waals surface area (Å²) in [6, 6.07) is -0.941. The van der Waals surface area contributed by atoms with Gasteiger partial charge in [0.1, 0.15) is 11.6 Å². The fourth-order valence-electron chi connectivity index (χ4n) is 1.14. The van der Waals surface area contributed by atoms with Crippen LogP contribution in [0.3, 0.4) is 0 Å². The Labute approximate surface area is 107 Å². The van der Waals surface area contributed by atoms with Gasteiger partial charge in [0, 0.05) is 0 Å². The highest BCUT2D eigenvalue weighted by atomic mass is 35.5. The van der Waals surface area contributed by atoms with Gasteiger partial charge >= 0.3 is 12.1 Å². The topological polar surface area (TPSA) is 64.6 Å². The van der Waals surface area contributed by atoms with E-state index in [1.807, 2.05) is 6.92 Å². The van der Waals surface area contributed by atoms with E-state index in [4.69, 9.17) is 16.3 Å². The molecule has 5 nitrogen and oxygen atoms in total. The quantitative estimate of drug-likeness (QED) is 0.612. The average molecular weight is 266 g/mol. The van der Waals surface area contributed by atoms with Crippen LogP contribution in [0.4, 0.5) is 4.79 Å². The van der Waals surface area contributed by atoms with Crippen LogP contribution in [0, 0.1) is 0 Å². The number of amides is 1. The van der Waals surface area contributed by atoms with E-state index in [2.05, 4.69) is 10.1 Å². The van der Waals surface area contributed by atoms with E-state index in [-0.39, 0.29) is 6.07 Å². The number of carbonyl (C=O) groups is 2. The molecule has 0 saturated heterocycles. The van der Waals surface area contributed by atoms with Crippen LogP contribution in [-0.4, -0.2) is 29.8 Å². The van der Waals surface area contributed by atoms with Gasteiger partial charge in [0.25, 0.3) is 0 Å². The highest BCUT2D eigenvalue weighted by molar-refractivity contribution is 6.17. The molecule has 0 aliphatic carbocycles. The van der Waals surface area contributed by atoms with Crippen LogP contribution >= 0.6 is 11.6 Å². The number of hydrogen-bond donors (Lipinski definition) is 1. The summed E-state index contributed by atoms with van der Waals surface area (Å²) >= 11 is 5.30. The fraction of sp³-hybridized carbons (Fsp3) is 0.818. The maximum Gasteiger partial charge on any atom is 0.408 e. The van der Waals surface area contributed by atoms with Crippen molar-refractivity contribution in [2.45, 2.75) is 52.2 Å². The van der Waals surface area contributed by atoms with Crippen LogP contribution in [0.15, 0.2) is 0 Å². The minimum absolute atomic E-state index is 0.227. The Kier molecular flexibility index (Phi) is 6.95. The third-order valence-electron chi connectivity index (χ3n) is 1.75. The summed E-state index contributed by atoms with van der Waals surface area (Å²) in [5.74, 6) is -0.548. The zero-order chi connectivity index (χ0) is 13.5. The van der Waals surface area contributed by atoms with Gasteiger partial charge in [-0.2, -0.15) is 0 Å². The number of nitrogens with one attached hydrogen (secondary N) is 1. The molecule has 0 aliphatic rings. The lowest BCUT2D eigenvalue weighted by Crippen LogP contribution is -2.44. The molecule has 17 heavy (non-hydrogen) atoms. The summed E-state index contributed by atoms with van der Waals surface area (Å²) in [7, 11) is 0. The third-order valence-corrected chi connectivity index (χ3v) is 1.86. The molecular weight excluding hydrogens is 246 g/mol. The molecule has 100 valence electrons. The molecule has 0 heterocycles. The number of alkyl carbamates (subject to hydrolysis) is 1. The first kappa shape index (κ1) is 16.0. The van der Waals surface area contributed by atoms with Gasteiger partial charge in [-0.25, -0.2) is 9.59 Å². The summed E-state index contributed by atoms with van der Waals surface area (Å²) in [5.41, 5.74) is -0.600. The highest BCUT2D eigenvalue weighted by Crippen LogP contribution is 2.08. The second-order valence-electron chi connectivity index (χ2n) is 4.56. The number of esters is 1. The number of halogens is 1. The molecule has 6 heteroatoms. The molecule has 1 atom stereocenters. The summed E-state index contributed by atoms with van der Waals surface area (Å²) < 4.78 is 9.70. The smallest absolute Gasteiger partial charge is 0.408 e. The van der Waals surface area contributed by atoms with Crippen molar-refractivity contribution in [3.05, 3.63) is 0 Å². The summed E-state index contributed by atoms with van der Waals surface area (Å²) in [5, 5.41) is 2.46. The third kappa shape index (κ3) is 7.85. The van der Waals surface area contributed by atoms with Gasteiger partial charge in [0.15, 0.2) is 6.07 Å². The number of alkyl halides is 1. The predicted octanol–water partition coefficient (Wildman–Crippen LogP) is 2.42. The van der Waals surface area contributed by atoms with Crippen LogP contribution < -0.4 is 5.32 Å². The standard InChI is InChI=1S/C11H20ClNO4/c1-5-6-8(9(14)16-7-12)13-10(15)17-11(2,3)4/h8H,5-7H2,1-4H3,(H,13,15)/t8-/m1/s1. The zero-order valence-electron chi connectivity index (χ0n) is 10.7. The molecule has 0 aromatic heterocycles. The van der Waals surface area contributed by atoms with Crippen molar-refractivity contribution in [1.29, 1.82) is 0 Å². The SMILES string of the molecule is CCC[C@@H](NC(=O)OC(C)(C)C)C(=O)OCCl. The van der Waals surface area contributed by atoms with Crippen LogP contribution in [0.25, 0.3) is 0 Å². The van der Waals surface area contributed by atoms with E-state index >= 15 is 0 Å². The second-order valence-corrected chi connectivity index (χ2v) is 4.78. The van der Waals surface area contributed by atoms with E-state index in [1.165, 1.54) is 0 Å². The molecule has 0 saturated carbocycles. The molecule has 0 aromatic carbocycles. The van der Waals surface area contributed by atoms with Crippen molar-refractivity contribution < 1.29 is 19.1 Å². The Morgan fingerprint density at radius 3 is 2.35 bits per heavy atom. The molecule has 0 radical (unpaired) electrons. The van der Waals surface area contributed by atoms with Crippen molar-refractivity contribution in [3.63, 3.8) is 0 Å². The largest absolute Gasteiger partial charge is 0.448 e. The minimum Gasteiger partial charge on any atom is -0.448 e. The lowest BCUT2D eigenvalue weighted by molar-refractivity contribution is -0.144. The molecule has 0 unspecified atom stereocenters. The number of carbonyl (C=O) groups excluding carboxylic acids is 2. The Hall–Kier alpha value is -0.970. The van der Waals surface area contributed by atoms with Crippen molar-refractivity contribution >= 4 is 23.7 Å². The molecule has 0 aliphatic heterocycles. The molecular formula is C11H20ClNO4. The fourth-order valence-corrected chi connectivity index (χ4v) is 1.25. The predicted molar refractivity (Wildman–Crippen MR) is 64.9 cm³/mol. The normalized spacial score (nSPS) is 12.8. The van der Waals surface area contributed by atoms with Crippen molar-refractivity contribution in [3.8, 4) is 0 Å². The van der Waals surface area contributed by atoms with E-state index in [1.54, 1.807) is 20.8 Å². The van der Waals surface area contributed by atoms with Gasteiger partial charge in [0.05, 0.1) is 0 Å². The molecule has 1 amide bonds. The monoisotopic (exact) mass is 265 g/mol. The molecule has 0 aromatic rings. The Morgan fingerprint density at radius 1 is 1.35 bits per heavy atom. The molecule has 0 bridgehead atoms. The Balaban J connectivity index is 4.34. The highest BCUT2D eigenvalue weighted by Gasteiger charge is 2.24. The Bertz CT molecular complexity index is 263. The maximum absolute atomic E-state index is 11.5. The summed E-state index contributed by atoms with van der Waals surface area (Å²) in [6.07, 6.45) is 0.578. The number of hydrogen-bond acceptors (Lipinski definition) is 4. The summed E-state index contributed by atoms with van der Waals surface area (Å²) in [6.45, 7) is 7.15. The van der Waals surface area contributed by atoms with Crippen LogP contribution in [0.1, 0.15) is 40.5 Å². The molecule has 0 rings (SSSR count). The van der Waals surface area contributed by atoms with Gasteiger partial charge in [0.2, 0.25) is 0 Å². The average Bonchev–Trinajstić information content (AvgIpc) is 2.14.